The molecule has 2 rings (SSSR count). The van der Waals surface area contributed by atoms with Gasteiger partial charge in [-0.1, -0.05) is 55.4 Å². The van der Waals surface area contributed by atoms with Crippen LogP contribution in [0.25, 0.3) is 0 Å². The highest BCUT2D eigenvalue weighted by molar-refractivity contribution is 4.91. The maximum absolute atomic E-state index is 6.18. The van der Waals surface area contributed by atoms with Gasteiger partial charge >= 0.3 is 0 Å². The maximum atomic E-state index is 6.18. The first-order valence-electron chi connectivity index (χ1n) is 11.1. The van der Waals surface area contributed by atoms with Crippen LogP contribution in [0.4, 0.5) is 0 Å². The molecule has 0 bridgehead atoms. The van der Waals surface area contributed by atoms with Gasteiger partial charge < -0.3 is 14.8 Å². The minimum absolute atomic E-state index is 0.227. The third-order valence-corrected chi connectivity index (χ3v) is 5.88. The molecule has 0 aromatic rings. The molecule has 0 amide bonds. The first kappa shape index (κ1) is 23.9. The summed E-state index contributed by atoms with van der Waals surface area (Å²) in [6.45, 7) is 21.5. The molecule has 1 aliphatic carbocycles. The normalized spacial score (nSPS) is 29.5. The molecule has 2 fully saturated rings. The molecule has 0 aromatic carbocycles. The van der Waals surface area contributed by atoms with Crippen LogP contribution >= 0.6 is 0 Å². The summed E-state index contributed by atoms with van der Waals surface area (Å²) in [5.41, 5.74) is 0.828. The molecule has 1 saturated carbocycles. The summed E-state index contributed by atoms with van der Waals surface area (Å²) in [6.07, 6.45) is 8.60. The average Bonchev–Trinajstić information content (AvgIpc) is 2.94. The van der Waals surface area contributed by atoms with Gasteiger partial charge in [0.1, 0.15) is 0 Å². The highest BCUT2D eigenvalue weighted by atomic mass is 16.7. The van der Waals surface area contributed by atoms with E-state index in [0.29, 0.717) is 16.9 Å². The second-order valence-corrected chi connectivity index (χ2v) is 10.2. The SMILES string of the molecule is CCC1COC2(CCC(C(C)(C)CC(C)(C)C)CC2)O1.CCCNCC. The topological polar surface area (TPSA) is 30.5 Å². The van der Waals surface area contributed by atoms with Crippen LogP contribution < -0.4 is 5.32 Å². The fraction of sp³-hybridized carbons (Fsp3) is 1.00. The van der Waals surface area contributed by atoms with E-state index in [1.807, 2.05) is 0 Å². The molecule has 26 heavy (non-hydrogen) atoms. The van der Waals surface area contributed by atoms with Gasteiger partial charge in [-0.25, -0.2) is 0 Å². The summed E-state index contributed by atoms with van der Waals surface area (Å²) in [5, 5.41) is 3.20. The van der Waals surface area contributed by atoms with Crippen molar-refractivity contribution in [2.45, 2.75) is 112 Å². The molecule has 1 aliphatic heterocycles. The molecule has 2 aliphatic rings. The highest BCUT2D eigenvalue weighted by Crippen LogP contribution is 2.49. The van der Waals surface area contributed by atoms with Crippen LogP contribution in [0, 0.1) is 16.7 Å². The van der Waals surface area contributed by atoms with Gasteiger partial charge in [0, 0.05) is 12.8 Å². The predicted octanol–water partition coefficient (Wildman–Crippen LogP) is 6.17. The molecule has 1 spiro atoms. The van der Waals surface area contributed by atoms with E-state index in [4.69, 9.17) is 9.47 Å². The molecule has 3 heteroatoms. The van der Waals surface area contributed by atoms with Gasteiger partial charge in [0.15, 0.2) is 5.79 Å². The fourth-order valence-corrected chi connectivity index (χ4v) is 4.78. The Morgan fingerprint density at radius 1 is 1.00 bits per heavy atom. The number of hydrogen-bond donors (Lipinski definition) is 1. The van der Waals surface area contributed by atoms with E-state index in [0.717, 1.165) is 44.9 Å². The Morgan fingerprint density at radius 3 is 2.00 bits per heavy atom. The lowest BCUT2D eigenvalue weighted by Crippen LogP contribution is -2.40. The van der Waals surface area contributed by atoms with Crippen molar-refractivity contribution in [2.75, 3.05) is 19.7 Å². The molecular weight excluding hydrogens is 322 g/mol. The Morgan fingerprint density at radius 2 is 1.62 bits per heavy atom. The average molecular weight is 370 g/mol. The van der Waals surface area contributed by atoms with Crippen LogP contribution in [0.1, 0.15) is 100 Å². The van der Waals surface area contributed by atoms with Crippen LogP contribution in [0.5, 0.6) is 0 Å². The smallest absolute Gasteiger partial charge is 0.168 e. The Kier molecular flexibility index (Phi) is 9.60. The zero-order valence-corrected chi connectivity index (χ0v) is 19.0. The van der Waals surface area contributed by atoms with Gasteiger partial charge in [-0.05, 0) is 61.9 Å². The van der Waals surface area contributed by atoms with E-state index >= 15 is 0 Å². The van der Waals surface area contributed by atoms with E-state index < -0.39 is 0 Å². The van der Waals surface area contributed by atoms with Gasteiger partial charge in [0.25, 0.3) is 0 Å². The minimum Gasteiger partial charge on any atom is -0.347 e. The minimum atomic E-state index is -0.227. The van der Waals surface area contributed by atoms with Crippen molar-refractivity contribution < 1.29 is 9.47 Å². The highest BCUT2D eigenvalue weighted by Gasteiger charge is 2.46. The number of rotatable bonds is 6. The predicted molar refractivity (Wildman–Crippen MR) is 112 cm³/mol. The monoisotopic (exact) mass is 369 g/mol. The molecule has 1 atom stereocenters. The summed E-state index contributed by atoms with van der Waals surface area (Å²) >= 11 is 0. The van der Waals surface area contributed by atoms with Gasteiger partial charge in [0.2, 0.25) is 0 Å². The van der Waals surface area contributed by atoms with E-state index in [2.05, 4.69) is 60.7 Å². The van der Waals surface area contributed by atoms with Gasteiger partial charge in [-0.2, -0.15) is 0 Å². The maximum Gasteiger partial charge on any atom is 0.168 e. The Hall–Kier alpha value is -0.120. The fourth-order valence-electron chi connectivity index (χ4n) is 4.78. The molecule has 0 aromatic heterocycles. The van der Waals surface area contributed by atoms with E-state index in [1.165, 1.54) is 25.7 Å². The quantitative estimate of drug-likeness (QED) is 0.568. The second-order valence-electron chi connectivity index (χ2n) is 10.2. The van der Waals surface area contributed by atoms with E-state index in [9.17, 15) is 0 Å². The molecule has 156 valence electrons. The van der Waals surface area contributed by atoms with Crippen LogP contribution in [-0.2, 0) is 9.47 Å². The van der Waals surface area contributed by atoms with Crippen molar-refractivity contribution in [1.82, 2.24) is 5.32 Å². The number of ether oxygens (including phenoxy) is 2. The van der Waals surface area contributed by atoms with Crippen molar-refractivity contribution in [1.29, 1.82) is 0 Å². The van der Waals surface area contributed by atoms with Crippen molar-refractivity contribution in [2.24, 2.45) is 16.7 Å². The zero-order chi connectivity index (χ0) is 19.8. The Bertz CT molecular complexity index is 374. The molecule has 0 radical (unpaired) electrons. The molecule has 1 N–H and O–H groups in total. The third-order valence-electron chi connectivity index (χ3n) is 5.88. The van der Waals surface area contributed by atoms with Crippen molar-refractivity contribution >= 4 is 0 Å². The van der Waals surface area contributed by atoms with Crippen LogP contribution in [-0.4, -0.2) is 31.6 Å². The number of nitrogens with one attached hydrogen (secondary N) is 1. The van der Waals surface area contributed by atoms with E-state index in [-0.39, 0.29) is 5.79 Å². The Labute approximate surface area is 164 Å². The molecule has 3 nitrogen and oxygen atoms in total. The van der Waals surface area contributed by atoms with Crippen LogP contribution in [0.15, 0.2) is 0 Å². The Balaban J connectivity index is 0.000000487. The number of hydrogen-bond acceptors (Lipinski definition) is 3. The first-order valence-corrected chi connectivity index (χ1v) is 11.1. The third kappa shape index (κ3) is 7.86. The van der Waals surface area contributed by atoms with Gasteiger partial charge in [0.05, 0.1) is 12.7 Å². The van der Waals surface area contributed by atoms with E-state index in [1.54, 1.807) is 0 Å². The summed E-state index contributed by atoms with van der Waals surface area (Å²) < 4.78 is 12.2. The first-order chi connectivity index (χ1) is 12.1. The standard InChI is InChI=1S/C18H34O2.C5H13N/c1-7-15-12-19-18(20-15)10-8-14(9-11-18)17(5,6)13-16(2,3)4;1-3-5-6-4-2/h14-15H,7-13H2,1-6H3;6H,3-5H2,1-2H3. The summed E-state index contributed by atoms with van der Waals surface area (Å²) in [6, 6.07) is 0. The van der Waals surface area contributed by atoms with Crippen LogP contribution in [0.3, 0.4) is 0 Å². The van der Waals surface area contributed by atoms with Gasteiger partial charge in [-0.3, -0.25) is 0 Å². The van der Waals surface area contributed by atoms with Crippen molar-refractivity contribution in [3.63, 3.8) is 0 Å². The molecule has 1 heterocycles. The molecular formula is C23H47NO2. The lowest BCUT2D eigenvalue weighted by atomic mass is 9.64. The molecule has 1 unspecified atom stereocenters. The summed E-state index contributed by atoms with van der Waals surface area (Å²) in [4.78, 5) is 0. The second kappa shape index (κ2) is 10.4. The van der Waals surface area contributed by atoms with Crippen molar-refractivity contribution in [3.8, 4) is 0 Å². The largest absolute Gasteiger partial charge is 0.347 e. The lowest BCUT2D eigenvalue weighted by Gasteiger charge is -2.45. The molecule has 1 saturated heterocycles. The summed E-state index contributed by atoms with van der Waals surface area (Å²) in [5.74, 6) is 0.579. The van der Waals surface area contributed by atoms with Gasteiger partial charge in [-0.15, -0.1) is 0 Å². The lowest BCUT2D eigenvalue weighted by molar-refractivity contribution is -0.197. The van der Waals surface area contributed by atoms with Crippen molar-refractivity contribution in [3.05, 3.63) is 0 Å². The zero-order valence-electron chi connectivity index (χ0n) is 19.0. The van der Waals surface area contributed by atoms with Crippen LogP contribution in [0.2, 0.25) is 0 Å². The summed E-state index contributed by atoms with van der Waals surface area (Å²) in [7, 11) is 0.